The zero-order valence-corrected chi connectivity index (χ0v) is 13.3. The Labute approximate surface area is 126 Å². The molecule has 0 aliphatic heterocycles. The minimum atomic E-state index is -0.253. The van der Waals surface area contributed by atoms with E-state index in [-0.39, 0.29) is 11.2 Å². The summed E-state index contributed by atoms with van der Waals surface area (Å²) < 4.78 is 13.2. The molecule has 1 aliphatic rings. The molecule has 3 heteroatoms. The summed E-state index contributed by atoms with van der Waals surface area (Å²) in [5, 5.41) is 4.16. The Hall–Kier alpha value is -0.600. The van der Waals surface area contributed by atoms with E-state index < -0.39 is 0 Å². The van der Waals surface area contributed by atoms with Gasteiger partial charge in [-0.1, -0.05) is 50.8 Å². The molecule has 2 rings (SSSR count). The number of halogens is 2. The molecule has 0 aromatic heterocycles. The van der Waals surface area contributed by atoms with Gasteiger partial charge in [0.25, 0.3) is 0 Å². The van der Waals surface area contributed by atoms with Crippen LogP contribution < -0.4 is 5.32 Å². The quantitative estimate of drug-likeness (QED) is 0.809. The lowest BCUT2D eigenvalue weighted by atomic mass is 9.70. The van der Waals surface area contributed by atoms with Crippen molar-refractivity contribution in [1.29, 1.82) is 0 Å². The second-order valence-electron chi connectivity index (χ2n) is 6.51. The fourth-order valence-corrected chi connectivity index (χ4v) is 3.44. The Balaban J connectivity index is 2.14. The molecule has 0 heterocycles. The highest BCUT2D eigenvalue weighted by molar-refractivity contribution is 6.31. The van der Waals surface area contributed by atoms with Crippen molar-refractivity contribution < 1.29 is 4.39 Å². The van der Waals surface area contributed by atoms with Crippen LogP contribution in [-0.2, 0) is 6.42 Å². The highest BCUT2D eigenvalue weighted by atomic mass is 35.5. The number of benzene rings is 1. The van der Waals surface area contributed by atoms with Gasteiger partial charge in [0, 0.05) is 17.6 Å². The fraction of sp³-hybridized carbons (Fsp3) is 0.647. The van der Waals surface area contributed by atoms with E-state index in [2.05, 4.69) is 19.2 Å². The summed E-state index contributed by atoms with van der Waals surface area (Å²) in [7, 11) is 0. The van der Waals surface area contributed by atoms with Gasteiger partial charge in [0.05, 0.1) is 0 Å². The van der Waals surface area contributed by atoms with Crippen LogP contribution in [0.15, 0.2) is 18.2 Å². The van der Waals surface area contributed by atoms with E-state index in [0.717, 1.165) is 18.5 Å². The van der Waals surface area contributed by atoms with Gasteiger partial charge in [-0.2, -0.15) is 0 Å². The average Bonchev–Trinajstić information content (AvgIpc) is 2.41. The lowest BCUT2D eigenvalue weighted by molar-refractivity contribution is 0.176. The fourth-order valence-electron chi connectivity index (χ4n) is 3.21. The lowest BCUT2D eigenvalue weighted by Crippen LogP contribution is -2.40. The largest absolute Gasteiger partial charge is 0.314 e. The van der Waals surface area contributed by atoms with Crippen LogP contribution in [0.5, 0.6) is 0 Å². The van der Waals surface area contributed by atoms with Crippen LogP contribution in [0.25, 0.3) is 0 Å². The molecule has 1 fully saturated rings. The van der Waals surface area contributed by atoms with Crippen molar-refractivity contribution in [2.45, 2.75) is 58.4 Å². The van der Waals surface area contributed by atoms with Crippen molar-refractivity contribution in [1.82, 2.24) is 5.32 Å². The predicted molar refractivity (Wildman–Crippen MR) is 83.8 cm³/mol. The Morgan fingerprint density at radius 2 is 1.95 bits per heavy atom. The molecule has 0 bridgehead atoms. The van der Waals surface area contributed by atoms with E-state index in [4.69, 9.17) is 11.6 Å². The van der Waals surface area contributed by atoms with E-state index in [1.165, 1.54) is 44.2 Å². The molecule has 0 radical (unpaired) electrons. The standard InChI is InChI=1S/C17H25ClFN/c1-13(2)20-12-17(8-4-3-5-9-17)11-14-6-7-15(19)10-16(14)18/h6-7,10,13,20H,3-5,8-9,11-12H2,1-2H3. The molecule has 20 heavy (non-hydrogen) atoms. The SMILES string of the molecule is CC(C)NCC1(Cc2ccc(F)cc2Cl)CCCCC1. The van der Waals surface area contributed by atoms with Crippen molar-refractivity contribution in [2.24, 2.45) is 5.41 Å². The summed E-state index contributed by atoms with van der Waals surface area (Å²) in [6, 6.07) is 5.30. The van der Waals surface area contributed by atoms with Gasteiger partial charge >= 0.3 is 0 Å². The second-order valence-corrected chi connectivity index (χ2v) is 6.92. The molecule has 0 atom stereocenters. The third kappa shape index (κ3) is 4.20. The zero-order chi connectivity index (χ0) is 14.6. The molecule has 0 spiro atoms. The van der Waals surface area contributed by atoms with Gasteiger partial charge in [0.15, 0.2) is 0 Å². The molecular weight excluding hydrogens is 273 g/mol. The molecule has 0 saturated heterocycles. The summed E-state index contributed by atoms with van der Waals surface area (Å²) in [6.07, 6.45) is 7.34. The molecule has 1 aromatic carbocycles. The lowest BCUT2D eigenvalue weighted by Gasteiger charge is -2.38. The highest BCUT2D eigenvalue weighted by Crippen LogP contribution is 2.40. The number of hydrogen-bond donors (Lipinski definition) is 1. The van der Waals surface area contributed by atoms with E-state index >= 15 is 0 Å². The van der Waals surface area contributed by atoms with Gasteiger partial charge in [0.2, 0.25) is 0 Å². The maximum absolute atomic E-state index is 13.2. The first-order valence-electron chi connectivity index (χ1n) is 7.68. The number of rotatable bonds is 5. The van der Waals surface area contributed by atoms with Gasteiger partial charge in [-0.3, -0.25) is 0 Å². The van der Waals surface area contributed by atoms with Crippen molar-refractivity contribution >= 4 is 11.6 Å². The first kappa shape index (κ1) is 15.8. The van der Waals surface area contributed by atoms with Gasteiger partial charge in [-0.15, -0.1) is 0 Å². The smallest absolute Gasteiger partial charge is 0.124 e. The van der Waals surface area contributed by atoms with Crippen LogP contribution in [0.4, 0.5) is 4.39 Å². The molecule has 0 unspecified atom stereocenters. The third-order valence-corrected chi connectivity index (χ3v) is 4.73. The van der Waals surface area contributed by atoms with Crippen molar-refractivity contribution in [3.8, 4) is 0 Å². The zero-order valence-electron chi connectivity index (χ0n) is 12.5. The summed E-state index contributed by atoms with van der Waals surface area (Å²) >= 11 is 6.21. The van der Waals surface area contributed by atoms with E-state index in [0.29, 0.717) is 11.1 Å². The first-order valence-corrected chi connectivity index (χ1v) is 8.06. The van der Waals surface area contributed by atoms with E-state index in [1.54, 1.807) is 0 Å². The van der Waals surface area contributed by atoms with Crippen LogP contribution in [-0.4, -0.2) is 12.6 Å². The topological polar surface area (TPSA) is 12.0 Å². The minimum absolute atomic E-state index is 0.253. The van der Waals surface area contributed by atoms with Gasteiger partial charge in [-0.25, -0.2) is 4.39 Å². The second kappa shape index (κ2) is 6.91. The average molecular weight is 298 g/mol. The van der Waals surface area contributed by atoms with Crippen molar-refractivity contribution in [3.63, 3.8) is 0 Å². The molecule has 1 aromatic rings. The number of hydrogen-bond acceptors (Lipinski definition) is 1. The summed E-state index contributed by atoms with van der Waals surface area (Å²) in [5.41, 5.74) is 1.37. The Morgan fingerprint density at radius 3 is 2.55 bits per heavy atom. The van der Waals surface area contributed by atoms with E-state index in [1.807, 2.05) is 6.07 Å². The Bertz CT molecular complexity index is 439. The molecule has 1 saturated carbocycles. The maximum Gasteiger partial charge on any atom is 0.124 e. The van der Waals surface area contributed by atoms with Crippen LogP contribution in [0.1, 0.15) is 51.5 Å². The predicted octanol–water partition coefficient (Wildman–Crippen LogP) is 4.97. The van der Waals surface area contributed by atoms with Gasteiger partial charge in [0.1, 0.15) is 5.82 Å². The van der Waals surface area contributed by atoms with Gasteiger partial charge in [-0.05, 0) is 42.4 Å². The summed E-state index contributed by atoms with van der Waals surface area (Å²) in [5.74, 6) is -0.253. The third-order valence-electron chi connectivity index (χ3n) is 4.38. The van der Waals surface area contributed by atoms with Crippen LogP contribution >= 0.6 is 11.6 Å². The van der Waals surface area contributed by atoms with Crippen LogP contribution in [0.2, 0.25) is 5.02 Å². The Kier molecular flexibility index (Phi) is 5.45. The molecule has 0 amide bonds. The van der Waals surface area contributed by atoms with E-state index in [9.17, 15) is 4.39 Å². The molecule has 1 nitrogen and oxygen atoms in total. The van der Waals surface area contributed by atoms with Crippen LogP contribution in [0, 0.1) is 11.2 Å². The number of nitrogens with one attached hydrogen (secondary N) is 1. The first-order chi connectivity index (χ1) is 9.51. The normalized spacial score (nSPS) is 18.4. The van der Waals surface area contributed by atoms with Crippen LogP contribution in [0.3, 0.4) is 0 Å². The monoisotopic (exact) mass is 297 g/mol. The molecular formula is C17H25ClFN. The maximum atomic E-state index is 13.2. The molecule has 1 aliphatic carbocycles. The van der Waals surface area contributed by atoms with Crippen molar-refractivity contribution in [2.75, 3.05) is 6.54 Å². The summed E-state index contributed by atoms with van der Waals surface area (Å²) in [6.45, 7) is 5.39. The minimum Gasteiger partial charge on any atom is -0.314 e. The van der Waals surface area contributed by atoms with Crippen molar-refractivity contribution in [3.05, 3.63) is 34.6 Å². The molecule has 112 valence electrons. The molecule has 1 N–H and O–H groups in total. The Morgan fingerprint density at radius 1 is 1.25 bits per heavy atom. The summed E-state index contributed by atoms with van der Waals surface area (Å²) in [4.78, 5) is 0. The van der Waals surface area contributed by atoms with Gasteiger partial charge < -0.3 is 5.32 Å². The highest BCUT2D eigenvalue weighted by Gasteiger charge is 2.32.